The fourth-order valence-electron chi connectivity index (χ4n) is 2.37. The number of aryl methyl sites for hydroxylation is 1. The minimum Gasteiger partial charge on any atom is -0.479 e. The maximum Gasteiger partial charge on any atom is 0.335 e. The summed E-state index contributed by atoms with van der Waals surface area (Å²) in [5.74, 6) is -1.12. The van der Waals surface area contributed by atoms with E-state index in [-0.39, 0.29) is 0 Å². The lowest BCUT2D eigenvalue weighted by Gasteiger charge is -2.38. The first kappa shape index (κ1) is 17.5. The Kier molecular flexibility index (Phi) is 5.42. The van der Waals surface area contributed by atoms with Gasteiger partial charge in [-0.15, -0.1) is 0 Å². The van der Waals surface area contributed by atoms with E-state index in [0.717, 1.165) is 12.0 Å². The highest BCUT2D eigenvalue weighted by molar-refractivity contribution is 5.73. The van der Waals surface area contributed by atoms with Crippen molar-refractivity contribution in [3.63, 3.8) is 0 Å². The monoisotopic (exact) mass is 327 g/mol. The molecule has 0 amide bonds. The molecule has 5 unspecified atom stereocenters. The molecule has 1 heterocycles. The van der Waals surface area contributed by atoms with Crippen molar-refractivity contribution >= 4 is 11.7 Å². The molecule has 5 atom stereocenters. The van der Waals surface area contributed by atoms with Crippen molar-refractivity contribution in [1.82, 2.24) is 0 Å². The highest BCUT2D eigenvalue weighted by Crippen LogP contribution is 2.30. The van der Waals surface area contributed by atoms with Crippen LogP contribution in [0.4, 0.5) is 5.69 Å². The van der Waals surface area contributed by atoms with E-state index in [1.54, 1.807) is 13.1 Å². The number of nitrogens with one attached hydrogen (secondary N) is 1. The molecule has 0 spiro atoms. The van der Waals surface area contributed by atoms with Crippen molar-refractivity contribution in [3.8, 4) is 5.75 Å². The van der Waals surface area contributed by atoms with Crippen molar-refractivity contribution in [2.45, 2.75) is 44.1 Å². The molecule has 0 aromatic heterocycles. The summed E-state index contributed by atoms with van der Waals surface area (Å²) in [7, 11) is 1.69. The molecular formula is C15H21NO7. The van der Waals surface area contributed by atoms with Gasteiger partial charge in [0, 0.05) is 7.05 Å². The average molecular weight is 327 g/mol. The van der Waals surface area contributed by atoms with Crippen LogP contribution >= 0.6 is 0 Å². The molecule has 5 N–H and O–H groups in total. The van der Waals surface area contributed by atoms with Crippen LogP contribution in [0.2, 0.25) is 0 Å². The Morgan fingerprint density at radius 2 is 1.96 bits per heavy atom. The normalized spacial score (nSPS) is 30.7. The highest BCUT2D eigenvalue weighted by atomic mass is 16.7. The first-order valence-electron chi connectivity index (χ1n) is 7.28. The third-order valence-corrected chi connectivity index (χ3v) is 3.78. The van der Waals surface area contributed by atoms with Gasteiger partial charge < -0.3 is 35.2 Å². The van der Waals surface area contributed by atoms with Crippen LogP contribution in [0.15, 0.2) is 18.2 Å². The van der Waals surface area contributed by atoms with Crippen LogP contribution in [0.5, 0.6) is 5.75 Å². The SMILES string of the molecule is CCc1ccc(OC2OC(C(=O)O)C(O)C(O)C2O)c(NC)c1. The number of aliphatic hydroxyl groups is 3. The Morgan fingerprint density at radius 3 is 2.52 bits per heavy atom. The van der Waals surface area contributed by atoms with Crippen molar-refractivity contribution in [2.75, 3.05) is 12.4 Å². The van der Waals surface area contributed by atoms with Gasteiger partial charge in [-0.1, -0.05) is 13.0 Å². The summed E-state index contributed by atoms with van der Waals surface area (Å²) < 4.78 is 10.6. The van der Waals surface area contributed by atoms with Crippen LogP contribution in [0.25, 0.3) is 0 Å². The van der Waals surface area contributed by atoms with Crippen molar-refractivity contribution < 1.29 is 34.7 Å². The third-order valence-electron chi connectivity index (χ3n) is 3.78. The Bertz CT molecular complexity index is 565. The lowest BCUT2D eigenvalue weighted by molar-refractivity contribution is -0.271. The smallest absolute Gasteiger partial charge is 0.335 e. The fourth-order valence-corrected chi connectivity index (χ4v) is 2.37. The van der Waals surface area contributed by atoms with Gasteiger partial charge in [-0.25, -0.2) is 4.79 Å². The third kappa shape index (κ3) is 3.56. The van der Waals surface area contributed by atoms with E-state index in [1.807, 2.05) is 19.1 Å². The molecular weight excluding hydrogens is 306 g/mol. The van der Waals surface area contributed by atoms with Gasteiger partial charge in [0.25, 0.3) is 0 Å². The van der Waals surface area contributed by atoms with Crippen molar-refractivity contribution in [2.24, 2.45) is 0 Å². The highest BCUT2D eigenvalue weighted by Gasteiger charge is 2.48. The second kappa shape index (κ2) is 7.14. The minimum atomic E-state index is -1.74. The van der Waals surface area contributed by atoms with E-state index in [2.05, 4.69) is 5.32 Å². The van der Waals surface area contributed by atoms with Crippen molar-refractivity contribution in [3.05, 3.63) is 23.8 Å². The lowest BCUT2D eigenvalue weighted by Crippen LogP contribution is -2.61. The fraction of sp³-hybridized carbons (Fsp3) is 0.533. The van der Waals surface area contributed by atoms with E-state index in [0.29, 0.717) is 11.4 Å². The van der Waals surface area contributed by atoms with Crippen LogP contribution in [-0.2, 0) is 16.0 Å². The van der Waals surface area contributed by atoms with Crippen LogP contribution in [0.3, 0.4) is 0 Å². The molecule has 8 nitrogen and oxygen atoms in total. The number of rotatable bonds is 5. The molecule has 23 heavy (non-hydrogen) atoms. The summed E-state index contributed by atoms with van der Waals surface area (Å²) in [6.07, 6.45) is -7.31. The lowest BCUT2D eigenvalue weighted by atomic mass is 9.99. The summed E-state index contributed by atoms with van der Waals surface area (Å²) in [5, 5.41) is 41.3. The quantitative estimate of drug-likeness (QED) is 0.492. The second-order valence-electron chi connectivity index (χ2n) is 5.29. The van der Waals surface area contributed by atoms with Gasteiger partial charge in [0.05, 0.1) is 5.69 Å². The Hall–Kier alpha value is -1.87. The van der Waals surface area contributed by atoms with Crippen LogP contribution < -0.4 is 10.1 Å². The molecule has 1 aromatic carbocycles. The summed E-state index contributed by atoms with van der Waals surface area (Å²) in [6, 6.07) is 5.34. The molecule has 0 radical (unpaired) electrons. The zero-order chi connectivity index (χ0) is 17.1. The van der Waals surface area contributed by atoms with E-state index in [9.17, 15) is 20.1 Å². The molecule has 2 rings (SSSR count). The zero-order valence-electron chi connectivity index (χ0n) is 12.8. The molecule has 1 saturated heterocycles. The molecule has 128 valence electrons. The molecule has 0 bridgehead atoms. The number of aliphatic hydroxyl groups excluding tert-OH is 3. The predicted molar refractivity (Wildman–Crippen MR) is 80.3 cm³/mol. The van der Waals surface area contributed by atoms with E-state index in [1.165, 1.54) is 0 Å². The van der Waals surface area contributed by atoms with Gasteiger partial charge in [0.2, 0.25) is 6.29 Å². The Morgan fingerprint density at radius 1 is 1.26 bits per heavy atom. The first-order chi connectivity index (χ1) is 10.9. The number of carboxylic acids is 1. The number of carboxylic acid groups (broad SMARTS) is 1. The van der Waals surface area contributed by atoms with Crippen molar-refractivity contribution in [1.29, 1.82) is 0 Å². The molecule has 1 aliphatic heterocycles. The Labute approximate surface area is 133 Å². The number of hydrogen-bond acceptors (Lipinski definition) is 7. The number of benzene rings is 1. The minimum absolute atomic E-state index is 0.335. The van der Waals surface area contributed by atoms with Gasteiger partial charge in [-0.3, -0.25) is 0 Å². The molecule has 1 aliphatic rings. The topological polar surface area (TPSA) is 128 Å². The molecule has 8 heteroatoms. The summed E-state index contributed by atoms with van der Waals surface area (Å²) >= 11 is 0. The summed E-state index contributed by atoms with van der Waals surface area (Å²) in [6.45, 7) is 2.00. The summed E-state index contributed by atoms with van der Waals surface area (Å²) in [5.41, 5.74) is 1.69. The molecule has 1 fully saturated rings. The van der Waals surface area contributed by atoms with E-state index >= 15 is 0 Å². The Balaban J connectivity index is 2.22. The number of hydrogen-bond donors (Lipinski definition) is 5. The standard InChI is InChI=1S/C15H21NO7/c1-3-7-4-5-9(8(6-7)16-2)22-15-12(19)10(17)11(18)13(23-15)14(20)21/h4-6,10-13,15-19H,3H2,1-2H3,(H,20,21). The predicted octanol–water partition coefficient (Wildman–Crippen LogP) is -0.438. The first-order valence-corrected chi connectivity index (χ1v) is 7.28. The largest absolute Gasteiger partial charge is 0.479 e. The van der Waals surface area contributed by atoms with Crippen LogP contribution in [-0.4, -0.2) is 64.1 Å². The number of ether oxygens (including phenoxy) is 2. The van der Waals surface area contributed by atoms with Crippen LogP contribution in [0, 0.1) is 0 Å². The van der Waals surface area contributed by atoms with Gasteiger partial charge >= 0.3 is 5.97 Å². The zero-order valence-corrected chi connectivity index (χ0v) is 12.8. The average Bonchev–Trinajstić information content (AvgIpc) is 2.55. The summed E-state index contributed by atoms with van der Waals surface area (Å²) in [4.78, 5) is 11.1. The van der Waals surface area contributed by atoms with Gasteiger partial charge in [0.15, 0.2) is 6.10 Å². The molecule has 0 aliphatic carbocycles. The van der Waals surface area contributed by atoms with E-state index < -0.39 is 36.7 Å². The van der Waals surface area contributed by atoms with Gasteiger partial charge in [0.1, 0.15) is 24.1 Å². The van der Waals surface area contributed by atoms with Crippen LogP contribution in [0.1, 0.15) is 12.5 Å². The maximum absolute atomic E-state index is 11.1. The van der Waals surface area contributed by atoms with Gasteiger partial charge in [-0.05, 0) is 24.1 Å². The maximum atomic E-state index is 11.1. The number of anilines is 1. The van der Waals surface area contributed by atoms with E-state index in [4.69, 9.17) is 14.6 Å². The molecule has 1 aromatic rings. The number of aliphatic carboxylic acids is 1. The second-order valence-corrected chi connectivity index (χ2v) is 5.29. The number of carbonyl (C=O) groups is 1. The van der Waals surface area contributed by atoms with Gasteiger partial charge in [-0.2, -0.15) is 0 Å². The molecule has 0 saturated carbocycles.